The standard InChI is InChI=1S/C16H11BrClNO2/c1-10(16(20)11-2-5-13(17)6-3-11)21-15-8-14(18)7-4-12(15)9-19/h2-8,10H,1H3. The second-order valence-electron chi connectivity index (χ2n) is 4.38. The van der Waals surface area contributed by atoms with Crippen LogP contribution in [0.1, 0.15) is 22.8 Å². The lowest BCUT2D eigenvalue weighted by molar-refractivity contribution is 0.0817. The van der Waals surface area contributed by atoms with E-state index in [2.05, 4.69) is 15.9 Å². The monoisotopic (exact) mass is 363 g/mol. The third-order valence-electron chi connectivity index (χ3n) is 2.87. The third-order valence-corrected chi connectivity index (χ3v) is 3.63. The van der Waals surface area contributed by atoms with Crippen molar-refractivity contribution in [2.75, 3.05) is 0 Å². The van der Waals surface area contributed by atoms with E-state index in [1.54, 1.807) is 43.3 Å². The number of Topliss-reactive ketones (excluding diaryl/α,β-unsaturated/α-hetero) is 1. The summed E-state index contributed by atoms with van der Waals surface area (Å²) < 4.78 is 6.49. The van der Waals surface area contributed by atoms with Crippen molar-refractivity contribution in [2.24, 2.45) is 0 Å². The molecular formula is C16H11BrClNO2. The fourth-order valence-corrected chi connectivity index (χ4v) is 2.21. The van der Waals surface area contributed by atoms with Crippen LogP contribution in [0.25, 0.3) is 0 Å². The van der Waals surface area contributed by atoms with Crippen molar-refractivity contribution in [1.29, 1.82) is 5.26 Å². The summed E-state index contributed by atoms with van der Waals surface area (Å²) in [6, 6.07) is 13.7. The quantitative estimate of drug-likeness (QED) is 0.744. The van der Waals surface area contributed by atoms with Gasteiger partial charge in [-0.1, -0.05) is 39.7 Å². The molecular weight excluding hydrogens is 354 g/mol. The summed E-state index contributed by atoms with van der Waals surface area (Å²) in [5, 5.41) is 9.50. The number of hydrogen-bond donors (Lipinski definition) is 0. The molecule has 1 unspecified atom stereocenters. The molecule has 3 nitrogen and oxygen atoms in total. The van der Waals surface area contributed by atoms with Crippen molar-refractivity contribution >= 4 is 33.3 Å². The van der Waals surface area contributed by atoms with Gasteiger partial charge in [0.05, 0.1) is 5.56 Å². The predicted molar refractivity (Wildman–Crippen MR) is 84.7 cm³/mol. The predicted octanol–water partition coefficient (Wildman–Crippen LogP) is 4.62. The van der Waals surface area contributed by atoms with Gasteiger partial charge in [-0.25, -0.2) is 0 Å². The highest BCUT2D eigenvalue weighted by molar-refractivity contribution is 9.10. The number of carbonyl (C=O) groups excluding carboxylic acids is 1. The van der Waals surface area contributed by atoms with E-state index in [4.69, 9.17) is 21.6 Å². The number of benzene rings is 2. The Morgan fingerprint density at radius 3 is 2.57 bits per heavy atom. The first kappa shape index (κ1) is 15.6. The Morgan fingerprint density at radius 1 is 1.29 bits per heavy atom. The van der Waals surface area contributed by atoms with Crippen LogP contribution >= 0.6 is 27.5 Å². The van der Waals surface area contributed by atoms with Crippen LogP contribution in [-0.2, 0) is 0 Å². The number of rotatable bonds is 4. The number of halogens is 2. The first-order valence-corrected chi connectivity index (χ1v) is 7.34. The molecule has 2 aromatic carbocycles. The van der Waals surface area contributed by atoms with Crippen LogP contribution in [0.4, 0.5) is 0 Å². The highest BCUT2D eigenvalue weighted by atomic mass is 79.9. The van der Waals surface area contributed by atoms with Gasteiger partial charge in [0.2, 0.25) is 5.78 Å². The molecule has 0 amide bonds. The van der Waals surface area contributed by atoms with E-state index in [-0.39, 0.29) is 5.78 Å². The van der Waals surface area contributed by atoms with Gasteiger partial charge in [-0.05, 0) is 31.2 Å². The van der Waals surface area contributed by atoms with Crippen LogP contribution in [0.3, 0.4) is 0 Å². The molecule has 0 aliphatic carbocycles. The van der Waals surface area contributed by atoms with Crippen molar-refractivity contribution in [3.63, 3.8) is 0 Å². The smallest absolute Gasteiger partial charge is 0.202 e. The number of ketones is 1. The minimum atomic E-state index is -0.711. The lowest BCUT2D eigenvalue weighted by Crippen LogP contribution is -2.24. The Labute approximate surface area is 136 Å². The van der Waals surface area contributed by atoms with Gasteiger partial charge in [0.25, 0.3) is 0 Å². The minimum absolute atomic E-state index is 0.161. The number of hydrogen-bond acceptors (Lipinski definition) is 3. The average molecular weight is 365 g/mol. The van der Waals surface area contributed by atoms with Crippen molar-refractivity contribution in [3.8, 4) is 11.8 Å². The number of nitrogens with zero attached hydrogens (tertiary/aromatic N) is 1. The highest BCUT2D eigenvalue weighted by Gasteiger charge is 2.18. The van der Waals surface area contributed by atoms with E-state index in [0.29, 0.717) is 21.9 Å². The third kappa shape index (κ3) is 3.84. The Morgan fingerprint density at radius 2 is 1.95 bits per heavy atom. The summed E-state index contributed by atoms with van der Waals surface area (Å²) in [6.45, 7) is 1.65. The average Bonchev–Trinajstić information content (AvgIpc) is 2.47. The zero-order valence-electron chi connectivity index (χ0n) is 11.1. The van der Waals surface area contributed by atoms with E-state index < -0.39 is 6.10 Å². The molecule has 0 saturated carbocycles. The second-order valence-corrected chi connectivity index (χ2v) is 5.74. The van der Waals surface area contributed by atoms with Gasteiger partial charge in [-0.2, -0.15) is 5.26 Å². The molecule has 0 radical (unpaired) electrons. The zero-order valence-corrected chi connectivity index (χ0v) is 13.5. The van der Waals surface area contributed by atoms with E-state index in [9.17, 15) is 4.79 Å². The van der Waals surface area contributed by atoms with Crippen LogP contribution in [0, 0.1) is 11.3 Å². The molecule has 0 heterocycles. The summed E-state index contributed by atoms with van der Waals surface area (Å²) in [5.74, 6) is 0.148. The summed E-state index contributed by atoms with van der Waals surface area (Å²) in [7, 11) is 0. The normalized spacial score (nSPS) is 11.5. The summed E-state index contributed by atoms with van der Waals surface area (Å²) in [4.78, 5) is 12.3. The van der Waals surface area contributed by atoms with Gasteiger partial charge in [0, 0.05) is 21.1 Å². The molecule has 0 N–H and O–H groups in total. The first-order chi connectivity index (χ1) is 10.0. The van der Waals surface area contributed by atoms with Crippen molar-refractivity contribution in [1.82, 2.24) is 0 Å². The lowest BCUT2D eigenvalue weighted by Gasteiger charge is -2.15. The fourth-order valence-electron chi connectivity index (χ4n) is 1.78. The van der Waals surface area contributed by atoms with Crippen LogP contribution in [0.2, 0.25) is 5.02 Å². The van der Waals surface area contributed by atoms with E-state index >= 15 is 0 Å². The maximum atomic E-state index is 12.3. The van der Waals surface area contributed by atoms with Crippen LogP contribution in [0.15, 0.2) is 46.9 Å². The van der Waals surface area contributed by atoms with Gasteiger partial charge in [-0.15, -0.1) is 0 Å². The Balaban J connectivity index is 2.20. The Bertz CT molecular complexity index is 707. The molecule has 1 atom stereocenters. The van der Waals surface area contributed by atoms with Gasteiger partial charge in [-0.3, -0.25) is 4.79 Å². The number of carbonyl (C=O) groups is 1. The van der Waals surface area contributed by atoms with E-state index in [1.165, 1.54) is 6.07 Å². The molecule has 2 rings (SSSR count). The zero-order chi connectivity index (χ0) is 15.4. The summed E-state index contributed by atoms with van der Waals surface area (Å²) in [6.07, 6.45) is -0.711. The molecule has 0 spiro atoms. The van der Waals surface area contributed by atoms with Gasteiger partial charge in [0.1, 0.15) is 11.8 Å². The van der Waals surface area contributed by atoms with Gasteiger partial charge >= 0.3 is 0 Å². The minimum Gasteiger partial charge on any atom is -0.481 e. The van der Waals surface area contributed by atoms with E-state index in [1.807, 2.05) is 6.07 Å². The number of ether oxygens (including phenoxy) is 1. The largest absolute Gasteiger partial charge is 0.481 e. The van der Waals surface area contributed by atoms with Crippen molar-refractivity contribution in [2.45, 2.75) is 13.0 Å². The molecule has 0 aliphatic rings. The molecule has 0 saturated heterocycles. The summed E-state index contributed by atoms with van der Waals surface area (Å²) in [5.41, 5.74) is 0.890. The molecule has 2 aromatic rings. The summed E-state index contributed by atoms with van der Waals surface area (Å²) >= 11 is 9.21. The molecule has 0 aliphatic heterocycles. The molecule has 106 valence electrons. The molecule has 0 bridgehead atoms. The first-order valence-electron chi connectivity index (χ1n) is 6.17. The van der Waals surface area contributed by atoms with Crippen LogP contribution in [0.5, 0.6) is 5.75 Å². The van der Waals surface area contributed by atoms with Crippen LogP contribution < -0.4 is 4.74 Å². The Kier molecular flexibility index (Phi) is 5.00. The lowest BCUT2D eigenvalue weighted by atomic mass is 10.1. The van der Waals surface area contributed by atoms with Gasteiger partial charge < -0.3 is 4.74 Å². The maximum Gasteiger partial charge on any atom is 0.202 e. The van der Waals surface area contributed by atoms with E-state index in [0.717, 1.165) is 4.47 Å². The topological polar surface area (TPSA) is 50.1 Å². The molecule has 0 fully saturated rings. The highest BCUT2D eigenvalue weighted by Crippen LogP contribution is 2.24. The molecule has 0 aromatic heterocycles. The number of nitriles is 1. The second kappa shape index (κ2) is 6.75. The van der Waals surface area contributed by atoms with Gasteiger partial charge in [0.15, 0.2) is 6.10 Å². The Hall–Kier alpha value is -1.83. The van der Waals surface area contributed by atoms with Crippen LogP contribution in [-0.4, -0.2) is 11.9 Å². The molecule has 5 heteroatoms. The maximum absolute atomic E-state index is 12.3. The fraction of sp³-hybridized carbons (Fsp3) is 0.125. The SMILES string of the molecule is CC(Oc1cc(Cl)ccc1C#N)C(=O)c1ccc(Br)cc1. The van der Waals surface area contributed by atoms with Crippen molar-refractivity contribution < 1.29 is 9.53 Å². The molecule has 21 heavy (non-hydrogen) atoms. The van der Waals surface area contributed by atoms with Crippen molar-refractivity contribution in [3.05, 3.63) is 63.1 Å².